The van der Waals surface area contributed by atoms with E-state index < -0.39 is 0 Å². The summed E-state index contributed by atoms with van der Waals surface area (Å²) >= 11 is 0. The van der Waals surface area contributed by atoms with E-state index in [9.17, 15) is 4.79 Å². The Morgan fingerprint density at radius 1 is 1.75 bits per heavy atom. The molecule has 0 aromatic carbocycles. The highest BCUT2D eigenvalue weighted by Crippen LogP contribution is 1.99. The second-order valence-corrected chi connectivity index (χ2v) is 2.30. The monoisotopic (exact) mass is 170 g/mol. The summed E-state index contributed by atoms with van der Waals surface area (Å²) in [6.45, 7) is 1.72. The van der Waals surface area contributed by atoms with Crippen LogP contribution in [0.15, 0.2) is 4.52 Å². The first-order valence-electron chi connectivity index (χ1n) is 3.51. The molecule has 0 aliphatic carbocycles. The fourth-order valence-electron chi connectivity index (χ4n) is 0.734. The predicted molar refractivity (Wildman–Crippen MR) is 39.7 cm³/mol. The Morgan fingerprint density at radius 3 is 3.00 bits per heavy atom. The third-order valence-corrected chi connectivity index (χ3v) is 1.30. The molecule has 0 fully saturated rings. The topological polar surface area (TPSA) is 94.0 Å². The molecule has 3 N–H and O–H groups in total. The van der Waals surface area contributed by atoms with Crippen LogP contribution in [0.25, 0.3) is 0 Å². The van der Waals surface area contributed by atoms with Crippen molar-refractivity contribution < 1.29 is 9.32 Å². The molecule has 1 aromatic heterocycles. The maximum atomic E-state index is 10.7. The second kappa shape index (κ2) is 3.82. The molecule has 0 aliphatic rings. The molecule has 1 aromatic rings. The van der Waals surface area contributed by atoms with Gasteiger partial charge in [0.1, 0.15) is 0 Å². The molecule has 0 bridgehead atoms. The number of hydrogen-bond acceptors (Lipinski definition) is 5. The van der Waals surface area contributed by atoms with Crippen LogP contribution in [0, 0.1) is 6.92 Å². The number of nitrogens with two attached hydrogens (primary N) is 1. The van der Waals surface area contributed by atoms with E-state index in [1.165, 1.54) is 0 Å². The van der Waals surface area contributed by atoms with E-state index in [0.717, 1.165) is 0 Å². The number of nitrogens with one attached hydrogen (secondary N) is 1. The summed E-state index contributed by atoms with van der Waals surface area (Å²) in [4.78, 5) is 14.6. The lowest BCUT2D eigenvalue weighted by Crippen LogP contribution is -2.30. The Bertz CT molecular complexity index is 270. The van der Waals surface area contributed by atoms with Crippen molar-refractivity contribution in [1.29, 1.82) is 0 Å². The van der Waals surface area contributed by atoms with Crippen LogP contribution >= 0.6 is 0 Å². The molecule has 12 heavy (non-hydrogen) atoms. The van der Waals surface area contributed by atoms with Crippen molar-refractivity contribution in [3.05, 3.63) is 11.7 Å². The van der Waals surface area contributed by atoms with E-state index in [1.54, 1.807) is 6.92 Å². The van der Waals surface area contributed by atoms with Crippen molar-refractivity contribution in [3.8, 4) is 0 Å². The summed E-state index contributed by atoms with van der Waals surface area (Å²) < 4.78 is 4.78. The maximum absolute atomic E-state index is 10.7. The smallest absolute Gasteiger partial charge is 0.234 e. The van der Waals surface area contributed by atoms with E-state index in [1.807, 2.05) is 5.43 Å². The van der Waals surface area contributed by atoms with Gasteiger partial charge in [-0.05, 0) is 6.92 Å². The number of hydrogen-bond donors (Lipinski definition) is 2. The van der Waals surface area contributed by atoms with Gasteiger partial charge in [0.25, 0.3) is 0 Å². The molecular weight excluding hydrogens is 160 g/mol. The standard InChI is InChI=1S/C6H10N4O2/c1-4-8-6(12-10-4)3-2-5(11)9-7/h2-3,7H2,1H3,(H,9,11). The van der Waals surface area contributed by atoms with Gasteiger partial charge in [-0.2, -0.15) is 4.98 Å². The van der Waals surface area contributed by atoms with Crippen LogP contribution in [0.3, 0.4) is 0 Å². The van der Waals surface area contributed by atoms with E-state index in [4.69, 9.17) is 10.4 Å². The molecule has 0 unspecified atom stereocenters. The van der Waals surface area contributed by atoms with Crippen LogP contribution in [0.4, 0.5) is 0 Å². The second-order valence-electron chi connectivity index (χ2n) is 2.30. The number of amides is 1. The number of aromatic nitrogens is 2. The lowest BCUT2D eigenvalue weighted by atomic mass is 10.3. The molecule has 0 atom stereocenters. The van der Waals surface area contributed by atoms with Crippen LogP contribution in [0.5, 0.6) is 0 Å². The van der Waals surface area contributed by atoms with E-state index in [-0.39, 0.29) is 12.3 Å². The molecule has 0 radical (unpaired) electrons. The summed E-state index contributed by atoms with van der Waals surface area (Å²) in [5, 5.41) is 3.57. The van der Waals surface area contributed by atoms with Crippen molar-refractivity contribution >= 4 is 5.91 Å². The molecule has 0 saturated carbocycles. The summed E-state index contributed by atoms with van der Waals surface area (Å²) in [6, 6.07) is 0. The van der Waals surface area contributed by atoms with Gasteiger partial charge < -0.3 is 4.52 Å². The molecule has 1 amide bonds. The average Bonchev–Trinajstić information content (AvgIpc) is 2.47. The van der Waals surface area contributed by atoms with Crippen LogP contribution in [-0.2, 0) is 11.2 Å². The van der Waals surface area contributed by atoms with E-state index >= 15 is 0 Å². The van der Waals surface area contributed by atoms with E-state index in [2.05, 4.69) is 10.1 Å². The molecule has 6 nitrogen and oxygen atoms in total. The van der Waals surface area contributed by atoms with Gasteiger partial charge in [0, 0.05) is 12.8 Å². The Hall–Kier alpha value is -1.43. The first kappa shape index (κ1) is 8.66. The number of rotatable bonds is 3. The number of carbonyl (C=O) groups excluding carboxylic acids is 1. The minimum atomic E-state index is -0.245. The molecule has 0 aliphatic heterocycles. The summed E-state index contributed by atoms with van der Waals surface area (Å²) in [7, 11) is 0. The number of carbonyl (C=O) groups is 1. The molecule has 0 spiro atoms. The van der Waals surface area contributed by atoms with Crippen molar-refractivity contribution in [1.82, 2.24) is 15.6 Å². The first-order chi connectivity index (χ1) is 5.72. The number of aryl methyl sites for hydroxylation is 2. The zero-order valence-electron chi connectivity index (χ0n) is 6.70. The van der Waals surface area contributed by atoms with Gasteiger partial charge >= 0.3 is 0 Å². The Kier molecular flexibility index (Phi) is 2.76. The fraction of sp³-hybridized carbons (Fsp3) is 0.500. The van der Waals surface area contributed by atoms with Gasteiger partial charge in [-0.15, -0.1) is 0 Å². The maximum Gasteiger partial charge on any atom is 0.234 e. The molecule has 6 heteroatoms. The summed E-state index contributed by atoms with van der Waals surface area (Å²) in [6.07, 6.45) is 0.683. The molecular formula is C6H10N4O2. The molecule has 0 saturated heterocycles. The van der Waals surface area contributed by atoms with Crippen molar-refractivity contribution in [2.75, 3.05) is 0 Å². The number of hydrazine groups is 1. The first-order valence-corrected chi connectivity index (χ1v) is 3.51. The quantitative estimate of drug-likeness (QED) is 0.355. The third-order valence-electron chi connectivity index (χ3n) is 1.30. The lowest BCUT2D eigenvalue weighted by Gasteiger charge is -1.93. The normalized spacial score (nSPS) is 9.83. The van der Waals surface area contributed by atoms with Crippen molar-refractivity contribution in [2.45, 2.75) is 19.8 Å². The van der Waals surface area contributed by atoms with Crippen LogP contribution in [-0.4, -0.2) is 16.0 Å². The highest BCUT2D eigenvalue weighted by Gasteiger charge is 2.05. The molecule has 1 heterocycles. The SMILES string of the molecule is Cc1noc(CCC(=O)NN)n1. The van der Waals surface area contributed by atoms with Gasteiger partial charge in [-0.3, -0.25) is 10.2 Å². The van der Waals surface area contributed by atoms with Crippen LogP contribution < -0.4 is 11.3 Å². The van der Waals surface area contributed by atoms with E-state index in [0.29, 0.717) is 18.1 Å². The zero-order chi connectivity index (χ0) is 8.97. The minimum Gasteiger partial charge on any atom is -0.339 e. The molecule has 1 rings (SSSR count). The largest absolute Gasteiger partial charge is 0.339 e. The summed E-state index contributed by atoms with van der Waals surface area (Å²) in [5.74, 6) is 5.65. The Labute approximate surface area is 69.1 Å². The van der Waals surface area contributed by atoms with Gasteiger partial charge in [0.15, 0.2) is 5.82 Å². The lowest BCUT2D eigenvalue weighted by molar-refractivity contribution is -0.121. The Morgan fingerprint density at radius 2 is 2.50 bits per heavy atom. The third kappa shape index (κ3) is 2.31. The van der Waals surface area contributed by atoms with Gasteiger partial charge in [-0.25, -0.2) is 5.84 Å². The van der Waals surface area contributed by atoms with Crippen LogP contribution in [0.2, 0.25) is 0 Å². The van der Waals surface area contributed by atoms with Gasteiger partial charge in [0.2, 0.25) is 11.8 Å². The number of nitrogens with zero attached hydrogens (tertiary/aromatic N) is 2. The minimum absolute atomic E-state index is 0.245. The van der Waals surface area contributed by atoms with Crippen LogP contribution in [0.1, 0.15) is 18.1 Å². The Balaban J connectivity index is 2.38. The van der Waals surface area contributed by atoms with Crippen molar-refractivity contribution in [2.24, 2.45) is 5.84 Å². The zero-order valence-corrected chi connectivity index (χ0v) is 6.70. The highest BCUT2D eigenvalue weighted by atomic mass is 16.5. The highest BCUT2D eigenvalue weighted by molar-refractivity contribution is 5.75. The summed E-state index contributed by atoms with van der Waals surface area (Å²) in [5.41, 5.74) is 2.01. The van der Waals surface area contributed by atoms with Crippen molar-refractivity contribution in [3.63, 3.8) is 0 Å². The average molecular weight is 170 g/mol. The van der Waals surface area contributed by atoms with Gasteiger partial charge in [-0.1, -0.05) is 5.16 Å². The molecule has 66 valence electrons. The predicted octanol–water partition coefficient (Wildman–Crippen LogP) is -0.699. The van der Waals surface area contributed by atoms with Gasteiger partial charge in [0.05, 0.1) is 0 Å². The fourth-order valence-corrected chi connectivity index (χ4v) is 0.734.